The van der Waals surface area contributed by atoms with Gasteiger partial charge in [-0.2, -0.15) is 0 Å². The Labute approximate surface area is 113 Å². The molecule has 1 unspecified atom stereocenters. The van der Waals surface area contributed by atoms with E-state index in [-0.39, 0.29) is 0 Å². The van der Waals surface area contributed by atoms with E-state index in [1.165, 1.54) is 10.6 Å². The molecule has 0 saturated heterocycles. The highest BCUT2D eigenvalue weighted by molar-refractivity contribution is 7.15. The highest BCUT2D eigenvalue weighted by Crippen LogP contribution is 2.23. The normalized spacial score (nSPS) is 12.3. The van der Waals surface area contributed by atoms with Gasteiger partial charge in [-0.25, -0.2) is 0 Å². The highest BCUT2D eigenvalue weighted by Gasteiger charge is 2.13. The van der Waals surface area contributed by atoms with Crippen molar-refractivity contribution in [3.05, 3.63) is 47.3 Å². The summed E-state index contributed by atoms with van der Waals surface area (Å²) in [7, 11) is 0. The molecule has 0 aliphatic heterocycles. The maximum Gasteiger partial charge on any atom is 0.0859 e. The Bertz CT molecular complexity index is 478. The first-order valence-electron chi connectivity index (χ1n) is 6.36. The van der Waals surface area contributed by atoms with Gasteiger partial charge in [0.1, 0.15) is 0 Å². The van der Waals surface area contributed by atoms with Crippen LogP contribution in [0.2, 0.25) is 0 Å². The second-order valence-corrected chi connectivity index (χ2v) is 5.68. The SMILES string of the molecule is CCN(c1ccccc1)C(C)Cc1ccc(N)s1. The van der Waals surface area contributed by atoms with Crippen molar-refractivity contribution < 1.29 is 0 Å². The molecule has 2 N–H and O–H groups in total. The summed E-state index contributed by atoms with van der Waals surface area (Å²) in [5, 5.41) is 0.903. The summed E-state index contributed by atoms with van der Waals surface area (Å²) in [4.78, 5) is 3.78. The van der Waals surface area contributed by atoms with E-state index in [9.17, 15) is 0 Å². The van der Waals surface area contributed by atoms with E-state index >= 15 is 0 Å². The number of hydrogen-bond acceptors (Lipinski definition) is 3. The summed E-state index contributed by atoms with van der Waals surface area (Å²) in [5.41, 5.74) is 7.07. The monoisotopic (exact) mass is 260 g/mol. The molecular weight excluding hydrogens is 240 g/mol. The summed E-state index contributed by atoms with van der Waals surface area (Å²) in [5.74, 6) is 0. The number of nitrogens with zero attached hydrogens (tertiary/aromatic N) is 1. The van der Waals surface area contributed by atoms with Crippen molar-refractivity contribution in [3.63, 3.8) is 0 Å². The number of likely N-dealkylation sites (N-methyl/N-ethyl adjacent to an activating group) is 1. The van der Waals surface area contributed by atoms with Crippen LogP contribution in [0, 0.1) is 0 Å². The van der Waals surface area contributed by atoms with Gasteiger partial charge in [0.25, 0.3) is 0 Å². The number of hydrogen-bond donors (Lipinski definition) is 1. The average molecular weight is 260 g/mol. The van der Waals surface area contributed by atoms with Gasteiger partial charge >= 0.3 is 0 Å². The lowest BCUT2D eigenvalue weighted by Crippen LogP contribution is -2.34. The summed E-state index contributed by atoms with van der Waals surface area (Å²) >= 11 is 1.69. The van der Waals surface area contributed by atoms with Gasteiger partial charge in [-0.1, -0.05) is 18.2 Å². The second-order valence-electron chi connectivity index (χ2n) is 4.48. The minimum absolute atomic E-state index is 0.482. The van der Waals surface area contributed by atoms with Crippen LogP contribution < -0.4 is 10.6 Å². The lowest BCUT2D eigenvalue weighted by atomic mass is 10.1. The third-order valence-electron chi connectivity index (χ3n) is 3.14. The van der Waals surface area contributed by atoms with E-state index in [1.807, 2.05) is 6.07 Å². The predicted octanol–water partition coefficient (Wildman–Crippen LogP) is 3.79. The summed E-state index contributed by atoms with van der Waals surface area (Å²) in [6, 6.07) is 15.2. The maximum atomic E-state index is 5.78. The molecule has 96 valence electrons. The molecule has 0 spiro atoms. The van der Waals surface area contributed by atoms with Gasteiger partial charge in [-0.05, 0) is 38.1 Å². The summed E-state index contributed by atoms with van der Waals surface area (Å²) in [6.07, 6.45) is 1.05. The summed E-state index contributed by atoms with van der Waals surface area (Å²) in [6.45, 7) is 5.49. The Morgan fingerprint density at radius 3 is 2.44 bits per heavy atom. The fraction of sp³-hybridized carbons (Fsp3) is 0.333. The number of thiophene rings is 1. The molecule has 0 bridgehead atoms. The van der Waals surface area contributed by atoms with Gasteiger partial charge in [0.05, 0.1) is 5.00 Å². The van der Waals surface area contributed by atoms with Crippen LogP contribution in [-0.4, -0.2) is 12.6 Å². The van der Waals surface area contributed by atoms with Gasteiger partial charge in [0.15, 0.2) is 0 Å². The van der Waals surface area contributed by atoms with E-state index in [0.29, 0.717) is 6.04 Å². The Morgan fingerprint density at radius 2 is 1.89 bits per heavy atom. The Kier molecular flexibility index (Phi) is 4.26. The van der Waals surface area contributed by atoms with E-state index in [4.69, 9.17) is 5.73 Å². The first-order chi connectivity index (χ1) is 8.70. The molecule has 0 saturated carbocycles. The van der Waals surface area contributed by atoms with Crippen molar-refractivity contribution in [3.8, 4) is 0 Å². The highest BCUT2D eigenvalue weighted by atomic mass is 32.1. The number of nitrogens with two attached hydrogens (primary N) is 1. The van der Waals surface area contributed by atoms with Crippen molar-refractivity contribution in [1.82, 2.24) is 0 Å². The van der Waals surface area contributed by atoms with E-state index in [0.717, 1.165) is 18.0 Å². The van der Waals surface area contributed by atoms with Gasteiger partial charge < -0.3 is 10.6 Å². The quantitative estimate of drug-likeness (QED) is 0.886. The first-order valence-corrected chi connectivity index (χ1v) is 7.18. The minimum Gasteiger partial charge on any atom is -0.391 e. The molecule has 0 fully saturated rings. The maximum absolute atomic E-state index is 5.78. The lowest BCUT2D eigenvalue weighted by molar-refractivity contribution is 0.650. The van der Waals surface area contributed by atoms with Crippen molar-refractivity contribution in [1.29, 1.82) is 0 Å². The molecule has 18 heavy (non-hydrogen) atoms. The molecule has 1 heterocycles. The molecule has 2 aromatic rings. The molecule has 1 aromatic heterocycles. The topological polar surface area (TPSA) is 29.3 Å². The van der Waals surface area contributed by atoms with Crippen molar-refractivity contribution in [2.24, 2.45) is 0 Å². The molecule has 0 radical (unpaired) electrons. The van der Waals surface area contributed by atoms with E-state index in [2.05, 4.69) is 55.1 Å². The number of anilines is 2. The zero-order chi connectivity index (χ0) is 13.0. The van der Waals surface area contributed by atoms with Crippen LogP contribution in [0.1, 0.15) is 18.7 Å². The second kappa shape index (κ2) is 5.91. The number of nitrogen functional groups attached to an aromatic ring is 1. The molecule has 0 aliphatic carbocycles. The van der Waals surface area contributed by atoms with Crippen molar-refractivity contribution >= 4 is 22.0 Å². The largest absolute Gasteiger partial charge is 0.391 e. The summed E-state index contributed by atoms with van der Waals surface area (Å²) < 4.78 is 0. The van der Waals surface area contributed by atoms with Crippen LogP contribution >= 0.6 is 11.3 Å². The molecule has 2 nitrogen and oxygen atoms in total. The molecular formula is C15H20N2S. The smallest absolute Gasteiger partial charge is 0.0859 e. The zero-order valence-corrected chi connectivity index (χ0v) is 11.8. The van der Waals surface area contributed by atoms with Gasteiger partial charge in [-0.3, -0.25) is 0 Å². The molecule has 2 rings (SSSR count). The Morgan fingerprint density at radius 1 is 1.17 bits per heavy atom. The van der Waals surface area contributed by atoms with Gasteiger partial charge in [0, 0.05) is 29.6 Å². The number of para-hydroxylation sites is 1. The first kappa shape index (κ1) is 13.0. The molecule has 1 atom stereocenters. The van der Waals surface area contributed by atoms with Crippen LogP contribution in [0.5, 0.6) is 0 Å². The number of benzene rings is 1. The fourth-order valence-corrected chi connectivity index (χ4v) is 3.17. The van der Waals surface area contributed by atoms with E-state index in [1.54, 1.807) is 11.3 Å². The third kappa shape index (κ3) is 3.05. The Hall–Kier alpha value is -1.48. The lowest BCUT2D eigenvalue weighted by Gasteiger charge is -2.30. The molecule has 3 heteroatoms. The van der Waals surface area contributed by atoms with Gasteiger partial charge in [0.2, 0.25) is 0 Å². The van der Waals surface area contributed by atoms with Crippen LogP contribution in [0.3, 0.4) is 0 Å². The van der Waals surface area contributed by atoms with Crippen LogP contribution in [-0.2, 0) is 6.42 Å². The van der Waals surface area contributed by atoms with Gasteiger partial charge in [-0.15, -0.1) is 11.3 Å². The average Bonchev–Trinajstić information content (AvgIpc) is 2.77. The fourth-order valence-electron chi connectivity index (χ4n) is 2.27. The number of rotatable bonds is 5. The van der Waals surface area contributed by atoms with Crippen LogP contribution in [0.15, 0.2) is 42.5 Å². The predicted molar refractivity (Wildman–Crippen MR) is 81.4 cm³/mol. The Balaban J connectivity index is 2.08. The van der Waals surface area contributed by atoms with Crippen LogP contribution in [0.4, 0.5) is 10.7 Å². The van der Waals surface area contributed by atoms with E-state index < -0.39 is 0 Å². The molecule has 0 aliphatic rings. The molecule has 1 aromatic carbocycles. The van der Waals surface area contributed by atoms with Crippen molar-refractivity contribution in [2.75, 3.05) is 17.2 Å². The zero-order valence-electron chi connectivity index (χ0n) is 11.0. The van der Waals surface area contributed by atoms with Crippen molar-refractivity contribution in [2.45, 2.75) is 26.3 Å². The molecule has 0 amide bonds. The minimum atomic E-state index is 0.482. The standard InChI is InChI=1S/C15H20N2S/c1-3-17(13-7-5-4-6-8-13)12(2)11-14-9-10-15(16)18-14/h4-10,12H,3,11,16H2,1-2H3. The third-order valence-corrected chi connectivity index (χ3v) is 4.08. The van der Waals surface area contributed by atoms with Crippen LogP contribution in [0.25, 0.3) is 0 Å².